The summed E-state index contributed by atoms with van der Waals surface area (Å²) in [6, 6.07) is 5.70. The van der Waals surface area contributed by atoms with Crippen molar-refractivity contribution in [2.75, 3.05) is 6.61 Å². The Hall–Kier alpha value is -2.03. The Labute approximate surface area is 198 Å². The second-order valence-electron chi connectivity index (χ2n) is 9.42. The van der Waals surface area contributed by atoms with Crippen LogP contribution in [-0.4, -0.2) is 39.3 Å². The molecule has 168 valence electrons. The van der Waals surface area contributed by atoms with Crippen LogP contribution >= 0.6 is 22.6 Å². The number of carboxylic acid groups (broad SMARTS) is 1. The summed E-state index contributed by atoms with van der Waals surface area (Å²) in [7, 11) is 0. The van der Waals surface area contributed by atoms with Crippen molar-refractivity contribution < 1.29 is 19.4 Å². The second-order valence-corrected chi connectivity index (χ2v) is 10.6. The molecule has 0 aliphatic carbocycles. The average Bonchev–Trinajstić information content (AvgIpc) is 2.65. The molecule has 1 aliphatic rings. The first-order valence-electron chi connectivity index (χ1n) is 10.6. The Morgan fingerprint density at radius 1 is 1.32 bits per heavy atom. The predicted molar refractivity (Wildman–Crippen MR) is 130 cm³/mol. The molecule has 1 aromatic heterocycles. The van der Waals surface area contributed by atoms with E-state index in [4.69, 9.17) is 9.47 Å². The minimum atomic E-state index is -0.928. The number of halogens is 1. The third kappa shape index (κ3) is 5.25. The van der Waals surface area contributed by atoms with Gasteiger partial charge in [-0.05, 0) is 74.8 Å². The average molecular weight is 538 g/mol. The zero-order valence-electron chi connectivity index (χ0n) is 19.0. The van der Waals surface area contributed by atoms with Crippen molar-refractivity contribution in [1.82, 2.24) is 9.88 Å². The highest BCUT2D eigenvalue weighted by Crippen LogP contribution is 2.45. The maximum Gasteiger partial charge on any atom is 0.408 e. The van der Waals surface area contributed by atoms with Gasteiger partial charge in [-0.3, -0.25) is 9.88 Å². The number of fused-ring (bicyclic) bond motifs is 3. The highest BCUT2D eigenvalue weighted by Gasteiger charge is 2.34. The van der Waals surface area contributed by atoms with Crippen LogP contribution in [0.15, 0.2) is 30.6 Å². The summed E-state index contributed by atoms with van der Waals surface area (Å²) in [6.45, 7) is 12.2. The Morgan fingerprint density at radius 3 is 2.65 bits per heavy atom. The molecule has 6 nitrogen and oxygen atoms in total. The molecule has 2 aromatic rings. The predicted octanol–water partition coefficient (Wildman–Crippen LogP) is 6.38. The number of benzene rings is 1. The Balaban J connectivity index is 1.89. The zero-order valence-corrected chi connectivity index (χ0v) is 21.1. The van der Waals surface area contributed by atoms with Gasteiger partial charge in [-0.15, -0.1) is 0 Å². The summed E-state index contributed by atoms with van der Waals surface area (Å²) in [5, 5.41) is 9.87. The van der Waals surface area contributed by atoms with E-state index in [1.165, 1.54) is 4.90 Å². The molecular formula is C24H31IN2O4. The fourth-order valence-corrected chi connectivity index (χ4v) is 4.78. The maximum absolute atomic E-state index is 12.0. The largest absolute Gasteiger partial charge is 0.490 e. The number of pyridine rings is 1. The van der Waals surface area contributed by atoms with Gasteiger partial charge >= 0.3 is 6.09 Å². The molecule has 0 spiro atoms. The lowest BCUT2D eigenvalue weighted by Crippen LogP contribution is -2.53. The minimum absolute atomic E-state index is 0.0736. The lowest BCUT2D eigenvalue weighted by molar-refractivity contribution is 0.0431. The molecule has 0 fully saturated rings. The molecule has 31 heavy (non-hydrogen) atoms. The summed E-state index contributed by atoms with van der Waals surface area (Å²) in [6.07, 6.45) is 3.37. The number of amides is 1. The number of hydrogen-bond acceptors (Lipinski definition) is 4. The van der Waals surface area contributed by atoms with Gasteiger partial charge in [0, 0.05) is 40.7 Å². The second kappa shape index (κ2) is 9.22. The zero-order chi connectivity index (χ0) is 22.9. The lowest BCUT2D eigenvalue weighted by Gasteiger charge is -2.40. The van der Waals surface area contributed by atoms with E-state index in [1.807, 2.05) is 52.1 Å². The van der Waals surface area contributed by atoms with Crippen molar-refractivity contribution in [1.29, 1.82) is 0 Å². The van der Waals surface area contributed by atoms with Crippen molar-refractivity contribution in [2.45, 2.75) is 65.6 Å². The minimum Gasteiger partial charge on any atom is -0.490 e. The van der Waals surface area contributed by atoms with Gasteiger partial charge in [-0.25, -0.2) is 4.79 Å². The van der Waals surface area contributed by atoms with Crippen LogP contribution in [-0.2, 0) is 0 Å². The first-order chi connectivity index (χ1) is 14.5. The number of hydrogen-bond donors (Lipinski definition) is 1. The quantitative estimate of drug-likeness (QED) is 0.433. The SMILES string of the molecule is CC(C)C[C@@H](COc1cc2c(cc1I)-c1cnccc1C(C)O2)N(C(=O)O)C(C)(C)C. The van der Waals surface area contributed by atoms with Crippen molar-refractivity contribution in [2.24, 2.45) is 5.92 Å². The van der Waals surface area contributed by atoms with Crippen LogP contribution < -0.4 is 9.47 Å². The molecule has 0 saturated heterocycles. The fraction of sp³-hybridized carbons (Fsp3) is 0.500. The summed E-state index contributed by atoms with van der Waals surface area (Å²) in [4.78, 5) is 17.8. The van der Waals surface area contributed by atoms with Crippen molar-refractivity contribution >= 4 is 28.7 Å². The summed E-state index contributed by atoms with van der Waals surface area (Å²) < 4.78 is 13.3. The molecule has 1 aromatic carbocycles. The van der Waals surface area contributed by atoms with E-state index in [9.17, 15) is 9.90 Å². The number of carbonyl (C=O) groups is 1. The van der Waals surface area contributed by atoms with E-state index in [1.54, 1.807) is 6.20 Å². The van der Waals surface area contributed by atoms with Gasteiger partial charge in [-0.2, -0.15) is 0 Å². The highest BCUT2D eigenvalue weighted by molar-refractivity contribution is 14.1. The van der Waals surface area contributed by atoms with Crippen LogP contribution in [0.5, 0.6) is 11.5 Å². The molecule has 7 heteroatoms. The third-order valence-electron chi connectivity index (χ3n) is 5.39. The molecule has 1 unspecified atom stereocenters. The van der Waals surface area contributed by atoms with Gasteiger partial charge in [0.25, 0.3) is 0 Å². The number of aromatic nitrogens is 1. The van der Waals surface area contributed by atoms with Crippen LogP contribution in [0.2, 0.25) is 0 Å². The van der Waals surface area contributed by atoms with Gasteiger partial charge < -0.3 is 14.6 Å². The lowest BCUT2D eigenvalue weighted by atomic mass is 9.95. The first-order valence-corrected chi connectivity index (χ1v) is 11.7. The Morgan fingerprint density at radius 2 is 2.03 bits per heavy atom. The molecule has 2 atom stereocenters. The molecule has 2 heterocycles. The van der Waals surface area contributed by atoms with Crippen LogP contribution in [0.25, 0.3) is 11.1 Å². The van der Waals surface area contributed by atoms with Gasteiger partial charge in [-0.1, -0.05) is 13.8 Å². The Kier molecular flexibility index (Phi) is 7.03. The number of nitrogens with zero attached hydrogens (tertiary/aromatic N) is 2. The van der Waals surface area contributed by atoms with Crippen LogP contribution in [0.1, 0.15) is 59.6 Å². The van der Waals surface area contributed by atoms with Gasteiger partial charge in [0.2, 0.25) is 0 Å². The standard InChI is InChI=1S/C24H31IN2O4/c1-14(2)9-16(27(23(28)29)24(4,5)6)13-30-22-11-21-18(10-20(22)25)19-12-26-8-7-17(19)15(3)31-21/h7-8,10-12,14-16H,9,13H2,1-6H3,(H,28,29)/t15?,16-/m0/s1. The smallest absolute Gasteiger partial charge is 0.408 e. The van der Waals surface area contributed by atoms with Crippen molar-refractivity contribution in [3.05, 3.63) is 39.7 Å². The van der Waals surface area contributed by atoms with Gasteiger partial charge in [0.15, 0.2) is 0 Å². The van der Waals surface area contributed by atoms with E-state index in [-0.39, 0.29) is 18.8 Å². The normalized spacial score (nSPS) is 16.2. The fourth-order valence-electron chi connectivity index (χ4n) is 4.16. The Bertz CT molecular complexity index is 955. The molecule has 0 bridgehead atoms. The van der Waals surface area contributed by atoms with Crippen LogP contribution in [0, 0.1) is 9.49 Å². The van der Waals surface area contributed by atoms with E-state index < -0.39 is 11.6 Å². The van der Waals surface area contributed by atoms with Crippen LogP contribution in [0.4, 0.5) is 4.79 Å². The van der Waals surface area contributed by atoms with E-state index in [0.717, 1.165) is 32.4 Å². The third-order valence-corrected chi connectivity index (χ3v) is 6.23. The van der Waals surface area contributed by atoms with Crippen molar-refractivity contribution in [3.8, 4) is 22.6 Å². The number of ether oxygens (including phenoxy) is 2. The molecule has 1 N–H and O–H groups in total. The molecule has 0 radical (unpaired) electrons. The monoisotopic (exact) mass is 538 g/mol. The molecule has 0 saturated carbocycles. The van der Waals surface area contributed by atoms with Gasteiger partial charge in [0.05, 0.1) is 9.61 Å². The van der Waals surface area contributed by atoms with Gasteiger partial charge in [0.1, 0.15) is 24.2 Å². The molecule has 3 rings (SSSR count). The van der Waals surface area contributed by atoms with Crippen molar-refractivity contribution in [3.63, 3.8) is 0 Å². The maximum atomic E-state index is 12.0. The molecule has 1 amide bonds. The number of rotatable bonds is 6. The molecule has 1 aliphatic heterocycles. The summed E-state index contributed by atoms with van der Waals surface area (Å²) in [5.41, 5.74) is 2.67. The summed E-state index contributed by atoms with van der Waals surface area (Å²) in [5.74, 6) is 1.80. The molecular weight excluding hydrogens is 507 g/mol. The van der Waals surface area contributed by atoms with E-state index in [0.29, 0.717) is 11.7 Å². The first kappa shape index (κ1) is 23.6. The van der Waals surface area contributed by atoms with E-state index >= 15 is 0 Å². The topological polar surface area (TPSA) is 71.9 Å². The summed E-state index contributed by atoms with van der Waals surface area (Å²) >= 11 is 2.26. The van der Waals surface area contributed by atoms with Crippen LogP contribution in [0.3, 0.4) is 0 Å². The highest BCUT2D eigenvalue weighted by atomic mass is 127. The van der Waals surface area contributed by atoms with E-state index in [2.05, 4.69) is 41.4 Å².